The predicted octanol–water partition coefficient (Wildman–Crippen LogP) is 2.93. The van der Waals surface area contributed by atoms with Crippen LogP contribution in [0.25, 0.3) is 0 Å². The van der Waals surface area contributed by atoms with Gasteiger partial charge in [0.05, 0.1) is 23.2 Å². The smallest absolute Gasteiger partial charge is 0.273 e. The summed E-state index contributed by atoms with van der Waals surface area (Å²) in [5.74, 6) is -0.229. The minimum absolute atomic E-state index is 0.229. The van der Waals surface area contributed by atoms with E-state index < -0.39 is 0 Å². The van der Waals surface area contributed by atoms with Crippen molar-refractivity contribution in [2.45, 2.75) is 0 Å². The Labute approximate surface area is 117 Å². The first-order chi connectivity index (χ1) is 8.08. The molecule has 0 aliphatic heterocycles. The lowest BCUT2D eigenvalue weighted by molar-refractivity contribution is 0.101. The third-order valence-corrected chi connectivity index (χ3v) is 3.21. The average molecular weight is 362 g/mol. The number of aryl methyl sites for hydroxylation is 1. The minimum atomic E-state index is -0.229. The summed E-state index contributed by atoms with van der Waals surface area (Å²) in [6, 6.07) is 5.45. The van der Waals surface area contributed by atoms with Gasteiger partial charge in [-0.1, -0.05) is 11.6 Å². The predicted molar refractivity (Wildman–Crippen MR) is 75.3 cm³/mol. The van der Waals surface area contributed by atoms with Gasteiger partial charge in [-0.2, -0.15) is 0 Å². The second-order valence-corrected chi connectivity index (χ2v) is 5.12. The summed E-state index contributed by atoms with van der Waals surface area (Å²) < 4.78 is 2.67. The molecule has 0 spiro atoms. The van der Waals surface area contributed by atoms with Gasteiger partial charge in [-0.05, 0) is 40.8 Å². The summed E-state index contributed by atoms with van der Waals surface area (Å²) >= 11 is 8.19. The number of anilines is 1. The van der Waals surface area contributed by atoms with Crippen molar-refractivity contribution in [1.29, 1.82) is 0 Å². The molecule has 0 unspecified atom stereocenters. The maximum atomic E-state index is 11.9. The van der Waals surface area contributed by atoms with Crippen LogP contribution in [0.1, 0.15) is 10.5 Å². The zero-order chi connectivity index (χ0) is 12.4. The number of carbonyl (C=O) groups is 1. The van der Waals surface area contributed by atoms with Crippen LogP contribution in [0.5, 0.6) is 0 Å². The average Bonchev–Trinajstić information content (AvgIpc) is 2.68. The summed E-state index contributed by atoms with van der Waals surface area (Å²) in [5.41, 5.74) is 1.08. The molecule has 0 aliphatic rings. The standard InChI is InChI=1S/C11H9ClIN3O/c1-16-6-14-5-10(16)11(17)15-9-3-2-7(13)4-8(9)12/h2-6H,1H3,(H,15,17). The molecule has 1 amide bonds. The highest BCUT2D eigenvalue weighted by Crippen LogP contribution is 2.24. The van der Waals surface area contributed by atoms with E-state index in [0.717, 1.165) is 3.57 Å². The van der Waals surface area contributed by atoms with E-state index in [2.05, 4.69) is 32.9 Å². The molecule has 17 heavy (non-hydrogen) atoms. The largest absolute Gasteiger partial charge is 0.330 e. The van der Waals surface area contributed by atoms with Gasteiger partial charge >= 0.3 is 0 Å². The third-order valence-electron chi connectivity index (χ3n) is 2.23. The first-order valence-corrected chi connectivity index (χ1v) is 6.26. The van der Waals surface area contributed by atoms with Crippen LogP contribution in [-0.2, 0) is 7.05 Å². The molecule has 0 bridgehead atoms. The second kappa shape index (κ2) is 5.05. The van der Waals surface area contributed by atoms with Crippen molar-refractivity contribution >= 4 is 45.8 Å². The van der Waals surface area contributed by atoms with Crippen LogP contribution >= 0.6 is 34.2 Å². The molecule has 1 aromatic carbocycles. The maximum absolute atomic E-state index is 11.9. The zero-order valence-corrected chi connectivity index (χ0v) is 11.9. The maximum Gasteiger partial charge on any atom is 0.273 e. The monoisotopic (exact) mass is 361 g/mol. The number of amides is 1. The van der Waals surface area contributed by atoms with Gasteiger partial charge < -0.3 is 9.88 Å². The first kappa shape index (κ1) is 12.4. The quantitative estimate of drug-likeness (QED) is 0.836. The lowest BCUT2D eigenvalue weighted by Gasteiger charge is -2.07. The van der Waals surface area contributed by atoms with E-state index >= 15 is 0 Å². The van der Waals surface area contributed by atoms with Crippen LogP contribution in [-0.4, -0.2) is 15.5 Å². The van der Waals surface area contributed by atoms with E-state index in [1.165, 1.54) is 6.20 Å². The fraction of sp³-hybridized carbons (Fsp3) is 0.0909. The zero-order valence-electron chi connectivity index (χ0n) is 8.95. The molecule has 0 aliphatic carbocycles. The Morgan fingerprint density at radius 2 is 2.29 bits per heavy atom. The molecular weight excluding hydrogens is 352 g/mol. The molecule has 88 valence electrons. The highest BCUT2D eigenvalue weighted by molar-refractivity contribution is 14.1. The van der Waals surface area contributed by atoms with Crippen LogP contribution < -0.4 is 5.32 Å². The Balaban J connectivity index is 2.22. The topological polar surface area (TPSA) is 46.9 Å². The number of halogens is 2. The highest BCUT2D eigenvalue weighted by Gasteiger charge is 2.11. The molecule has 0 saturated carbocycles. The van der Waals surface area contributed by atoms with Crippen molar-refractivity contribution in [2.75, 3.05) is 5.32 Å². The number of hydrogen-bond acceptors (Lipinski definition) is 2. The minimum Gasteiger partial charge on any atom is -0.330 e. The van der Waals surface area contributed by atoms with Gasteiger partial charge in [-0.25, -0.2) is 4.98 Å². The Hall–Kier alpha value is -1.08. The Bertz CT molecular complexity index is 568. The van der Waals surface area contributed by atoms with Gasteiger partial charge in [-0.15, -0.1) is 0 Å². The highest BCUT2D eigenvalue weighted by atomic mass is 127. The van der Waals surface area contributed by atoms with Crippen LogP contribution in [0.2, 0.25) is 5.02 Å². The summed E-state index contributed by atoms with van der Waals surface area (Å²) in [6.45, 7) is 0. The second-order valence-electron chi connectivity index (χ2n) is 3.47. The SMILES string of the molecule is Cn1cncc1C(=O)Nc1ccc(I)cc1Cl. The van der Waals surface area contributed by atoms with Crippen molar-refractivity contribution < 1.29 is 4.79 Å². The van der Waals surface area contributed by atoms with Gasteiger partial charge in [0.15, 0.2) is 0 Å². The molecule has 0 atom stereocenters. The van der Waals surface area contributed by atoms with Crippen molar-refractivity contribution in [2.24, 2.45) is 7.05 Å². The molecule has 0 saturated heterocycles. The van der Waals surface area contributed by atoms with Crippen molar-refractivity contribution in [3.05, 3.63) is 45.0 Å². The fourth-order valence-electron chi connectivity index (χ4n) is 1.35. The molecule has 1 heterocycles. The van der Waals surface area contributed by atoms with E-state index in [4.69, 9.17) is 11.6 Å². The van der Waals surface area contributed by atoms with Gasteiger partial charge in [0, 0.05) is 10.6 Å². The molecule has 1 aromatic heterocycles. The molecule has 4 nitrogen and oxygen atoms in total. The molecule has 2 aromatic rings. The summed E-state index contributed by atoms with van der Waals surface area (Å²) in [5, 5.41) is 3.27. The molecular formula is C11H9ClIN3O. The fourth-order valence-corrected chi connectivity index (χ4v) is 2.26. The van der Waals surface area contributed by atoms with E-state index in [1.807, 2.05) is 6.07 Å². The van der Waals surface area contributed by atoms with Crippen molar-refractivity contribution in [3.63, 3.8) is 0 Å². The number of imidazole rings is 1. The van der Waals surface area contributed by atoms with E-state index in [0.29, 0.717) is 16.4 Å². The number of hydrogen-bond donors (Lipinski definition) is 1. The van der Waals surface area contributed by atoms with Crippen LogP contribution in [0.3, 0.4) is 0 Å². The molecule has 6 heteroatoms. The van der Waals surface area contributed by atoms with Crippen LogP contribution in [0.15, 0.2) is 30.7 Å². The van der Waals surface area contributed by atoms with Gasteiger partial charge in [-0.3, -0.25) is 4.79 Å². The van der Waals surface area contributed by atoms with E-state index in [-0.39, 0.29) is 5.91 Å². The van der Waals surface area contributed by atoms with Gasteiger partial charge in [0.25, 0.3) is 5.91 Å². The number of nitrogens with zero attached hydrogens (tertiary/aromatic N) is 2. The number of benzene rings is 1. The Kier molecular flexibility index (Phi) is 3.68. The van der Waals surface area contributed by atoms with Crippen molar-refractivity contribution in [1.82, 2.24) is 9.55 Å². The molecule has 0 radical (unpaired) electrons. The summed E-state index contributed by atoms with van der Waals surface area (Å²) in [7, 11) is 1.76. The number of aromatic nitrogens is 2. The number of nitrogens with one attached hydrogen (secondary N) is 1. The van der Waals surface area contributed by atoms with Gasteiger partial charge in [0.1, 0.15) is 5.69 Å². The van der Waals surface area contributed by atoms with Crippen LogP contribution in [0, 0.1) is 3.57 Å². The van der Waals surface area contributed by atoms with Gasteiger partial charge in [0.2, 0.25) is 0 Å². The summed E-state index contributed by atoms with van der Waals surface area (Å²) in [4.78, 5) is 15.8. The van der Waals surface area contributed by atoms with E-state index in [1.54, 1.807) is 30.1 Å². The lowest BCUT2D eigenvalue weighted by Crippen LogP contribution is -2.15. The lowest BCUT2D eigenvalue weighted by atomic mass is 10.3. The Morgan fingerprint density at radius 1 is 1.53 bits per heavy atom. The third kappa shape index (κ3) is 2.78. The molecule has 0 fully saturated rings. The van der Waals surface area contributed by atoms with Crippen molar-refractivity contribution in [3.8, 4) is 0 Å². The Morgan fingerprint density at radius 3 is 2.88 bits per heavy atom. The molecule has 2 rings (SSSR count). The first-order valence-electron chi connectivity index (χ1n) is 4.80. The van der Waals surface area contributed by atoms with E-state index in [9.17, 15) is 4.79 Å². The van der Waals surface area contributed by atoms with Crippen LogP contribution in [0.4, 0.5) is 5.69 Å². The number of carbonyl (C=O) groups excluding carboxylic acids is 1. The number of rotatable bonds is 2. The normalized spacial score (nSPS) is 10.3. The molecule has 1 N–H and O–H groups in total. The summed E-state index contributed by atoms with van der Waals surface area (Å²) in [6.07, 6.45) is 3.08.